The van der Waals surface area contributed by atoms with E-state index in [1.54, 1.807) is 27.7 Å². The highest BCUT2D eigenvalue weighted by Gasteiger charge is 2.34. The molecule has 0 saturated carbocycles. The zero-order valence-corrected chi connectivity index (χ0v) is 13.7. The van der Waals surface area contributed by atoms with E-state index in [1.807, 2.05) is 0 Å². The SMILES string of the molecule is C[C@@H](c1ncnn1-c1ccc([N+](=O)[O-])cn1)N(C(=O)O)C(C)(C)C. The standard InChI is InChI=1S/C14H18N6O4/c1-9(18(13(21)22)14(2,3)4)12-16-8-17-19(12)11-6-5-10(7-15-11)20(23)24/h5-9H,1-4H3,(H,21,22)/t9-/m0/s1. The van der Waals surface area contributed by atoms with Gasteiger partial charge in [0.05, 0.1) is 11.0 Å². The van der Waals surface area contributed by atoms with Gasteiger partial charge in [0.1, 0.15) is 12.5 Å². The van der Waals surface area contributed by atoms with Crippen molar-refractivity contribution in [3.05, 3.63) is 40.6 Å². The summed E-state index contributed by atoms with van der Waals surface area (Å²) < 4.78 is 1.37. The number of aromatic nitrogens is 4. The van der Waals surface area contributed by atoms with E-state index in [-0.39, 0.29) is 5.69 Å². The molecule has 0 bridgehead atoms. The van der Waals surface area contributed by atoms with E-state index < -0.39 is 22.6 Å². The second-order valence-corrected chi connectivity index (χ2v) is 6.16. The van der Waals surface area contributed by atoms with Crippen LogP contribution < -0.4 is 0 Å². The van der Waals surface area contributed by atoms with Crippen molar-refractivity contribution in [1.29, 1.82) is 0 Å². The number of nitrogens with zero attached hydrogens (tertiary/aromatic N) is 6. The Morgan fingerprint density at radius 2 is 2.04 bits per heavy atom. The van der Waals surface area contributed by atoms with Gasteiger partial charge in [-0.25, -0.2) is 14.8 Å². The quantitative estimate of drug-likeness (QED) is 0.671. The molecule has 10 nitrogen and oxygen atoms in total. The summed E-state index contributed by atoms with van der Waals surface area (Å²) in [6.07, 6.45) is 1.32. The van der Waals surface area contributed by atoms with E-state index in [2.05, 4.69) is 15.1 Å². The van der Waals surface area contributed by atoms with Crippen LogP contribution in [-0.2, 0) is 0 Å². The third-order valence-electron chi connectivity index (χ3n) is 3.42. The van der Waals surface area contributed by atoms with E-state index in [0.29, 0.717) is 11.6 Å². The molecular weight excluding hydrogens is 316 g/mol. The van der Waals surface area contributed by atoms with Crippen molar-refractivity contribution in [1.82, 2.24) is 24.6 Å². The lowest BCUT2D eigenvalue weighted by Gasteiger charge is -2.37. The summed E-state index contributed by atoms with van der Waals surface area (Å²) in [6, 6.07) is 2.14. The average molecular weight is 334 g/mol. The number of pyridine rings is 1. The normalized spacial score (nSPS) is 12.7. The Morgan fingerprint density at radius 1 is 1.38 bits per heavy atom. The van der Waals surface area contributed by atoms with Crippen LogP contribution in [0.3, 0.4) is 0 Å². The molecule has 1 amide bonds. The van der Waals surface area contributed by atoms with Crippen LogP contribution in [0.2, 0.25) is 0 Å². The van der Waals surface area contributed by atoms with Crippen LogP contribution in [-0.4, -0.2) is 46.3 Å². The van der Waals surface area contributed by atoms with Gasteiger partial charge in [0.2, 0.25) is 0 Å². The van der Waals surface area contributed by atoms with Crippen molar-refractivity contribution in [3.8, 4) is 5.82 Å². The molecule has 0 aromatic carbocycles. The van der Waals surface area contributed by atoms with E-state index in [1.165, 1.54) is 28.0 Å². The predicted molar refractivity (Wildman–Crippen MR) is 83.8 cm³/mol. The molecule has 0 radical (unpaired) electrons. The van der Waals surface area contributed by atoms with Gasteiger partial charge < -0.3 is 5.11 Å². The van der Waals surface area contributed by atoms with Crippen molar-refractivity contribution in [2.75, 3.05) is 0 Å². The fraction of sp³-hybridized carbons (Fsp3) is 0.429. The van der Waals surface area contributed by atoms with Gasteiger partial charge in [-0.2, -0.15) is 9.78 Å². The highest BCUT2D eigenvalue weighted by Crippen LogP contribution is 2.27. The van der Waals surface area contributed by atoms with Crippen LogP contribution in [0.5, 0.6) is 0 Å². The van der Waals surface area contributed by atoms with E-state index >= 15 is 0 Å². The summed E-state index contributed by atoms with van der Waals surface area (Å²) in [6.45, 7) is 7.04. The van der Waals surface area contributed by atoms with E-state index in [4.69, 9.17) is 0 Å². The van der Waals surface area contributed by atoms with Gasteiger partial charge in [0.25, 0.3) is 5.69 Å². The molecule has 2 heterocycles. The van der Waals surface area contributed by atoms with Gasteiger partial charge in [-0.1, -0.05) is 0 Å². The first-order valence-electron chi connectivity index (χ1n) is 7.16. The first-order valence-corrected chi connectivity index (χ1v) is 7.16. The predicted octanol–water partition coefficient (Wildman–Crippen LogP) is 2.41. The van der Waals surface area contributed by atoms with Crippen LogP contribution in [0.25, 0.3) is 5.82 Å². The van der Waals surface area contributed by atoms with Crippen molar-refractivity contribution >= 4 is 11.8 Å². The smallest absolute Gasteiger partial charge is 0.408 e. The molecule has 24 heavy (non-hydrogen) atoms. The Labute approximate surface area is 137 Å². The van der Waals surface area contributed by atoms with Gasteiger partial charge >= 0.3 is 6.09 Å². The summed E-state index contributed by atoms with van der Waals surface area (Å²) in [5.41, 5.74) is -0.791. The lowest BCUT2D eigenvalue weighted by Crippen LogP contribution is -2.47. The lowest BCUT2D eigenvalue weighted by atomic mass is 10.0. The lowest BCUT2D eigenvalue weighted by molar-refractivity contribution is -0.385. The number of rotatable bonds is 4. The Bertz CT molecular complexity index is 749. The second-order valence-electron chi connectivity index (χ2n) is 6.16. The summed E-state index contributed by atoms with van der Waals surface area (Å²) >= 11 is 0. The Balaban J connectivity index is 2.42. The molecule has 0 aliphatic carbocycles. The molecule has 0 spiro atoms. The first kappa shape index (κ1) is 17.3. The fourth-order valence-corrected chi connectivity index (χ4v) is 2.47. The molecule has 2 aromatic heterocycles. The van der Waals surface area contributed by atoms with Gasteiger partial charge in [0, 0.05) is 11.6 Å². The molecule has 0 aliphatic heterocycles. The minimum absolute atomic E-state index is 0.143. The van der Waals surface area contributed by atoms with Gasteiger partial charge in [-0.3, -0.25) is 15.0 Å². The first-order chi connectivity index (χ1) is 11.1. The second kappa shape index (κ2) is 6.22. The van der Waals surface area contributed by atoms with E-state index in [9.17, 15) is 20.0 Å². The fourth-order valence-electron chi connectivity index (χ4n) is 2.47. The zero-order chi connectivity index (χ0) is 18.1. The minimum atomic E-state index is -1.08. The molecular formula is C14H18N6O4. The van der Waals surface area contributed by atoms with Crippen molar-refractivity contribution in [2.45, 2.75) is 39.3 Å². The van der Waals surface area contributed by atoms with E-state index in [0.717, 1.165) is 6.20 Å². The maximum Gasteiger partial charge on any atom is 0.408 e. The molecule has 128 valence electrons. The molecule has 1 atom stereocenters. The Kier molecular flexibility index (Phi) is 4.49. The van der Waals surface area contributed by atoms with Crippen LogP contribution in [0.1, 0.15) is 39.6 Å². The zero-order valence-electron chi connectivity index (χ0n) is 13.7. The van der Waals surface area contributed by atoms with Gasteiger partial charge in [0.15, 0.2) is 11.6 Å². The molecule has 2 aromatic rings. The highest BCUT2D eigenvalue weighted by atomic mass is 16.6. The van der Waals surface area contributed by atoms with Crippen LogP contribution >= 0.6 is 0 Å². The molecule has 1 N–H and O–H groups in total. The largest absolute Gasteiger partial charge is 0.465 e. The molecule has 0 saturated heterocycles. The molecule has 10 heteroatoms. The number of hydrogen-bond donors (Lipinski definition) is 1. The van der Waals surface area contributed by atoms with Gasteiger partial charge in [-0.05, 0) is 33.8 Å². The third kappa shape index (κ3) is 3.31. The monoisotopic (exact) mass is 334 g/mol. The number of carboxylic acid groups (broad SMARTS) is 1. The number of amides is 1. The summed E-state index contributed by atoms with van der Waals surface area (Å²) in [5.74, 6) is 0.688. The number of hydrogen-bond acceptors (Lipinski definition) is 6. The molecule has 2 rings (SSSR count). The summed E-state index contributed by atoms with van der Waals surface area (Å²) in [7, 11) is 0. The Morgan fingerprint density at radius 3 is 2.50 bits per heavy atom. The van der Waals surface area contributed by atoms with Crippen LogP contribution in [0.15, 0.2) is 24.7 Å². The van der Waals surface area contributed by atoms with Crippen molar-refractivity contribution in [2.24, 2.45) is 0 Å². The summed E-state index contributed by atoms with van der Waals surface area (Å²) in [4.78, 5) is 31.2. The number of carbonyl (C=O) groups is 1. The number of nitro groups is 1. The van der Waals surface area contributed by atoms with Crippen molar-refractivity contribution < 1.29 is 14.8 Å². The van der Waals surface area contributed by atoms with Crippen LogP contribution in [0.4, 0.5) is 10.5 Å². The summed E-state index contributed by atoms with van der Waals surface area (Å²) in [5, 5.41) is 24.3. The molecule has 0 aliphatic rings. The molecule has 0 fully saturated rings. The maximum atomic E-state index is 11.6. The average Bonchev–Trinajstić information content (AvgIpc) is 2.94. The maximum absolute atomic E-state index is 11.6. The third-order valence-corrected chi connectivity index (χ3v) is 3.42. The Hall–Kier alpha value is -3.04. The van der Waals surface area contributed by atoms with Gasteiger partial charge in [-0.15, -0.1) is 0 Å². The molecule has 0 unspecified atom stereocenters. The minimum Gasteiger partial charge on any atom is -0.465 e. The van der Waals surface area contributed by atoms with Crippen LogP contribution in [0, 0.1) is 10.1 Å². The van der Waals surface area contributed by atoms with Crippen molar-refractivity contribution in [3.63, 3.8) is 0 Å². The topological polar surface area (TPSA) is 127 Å². The highest BCUT2D eigenvalue weighted by molar-refractivity contribution is 5.66.